The zero-order valence-corrected chi connectivity index (χ0v) is 10.3. The van der Waals surface area contributed by atoms with Crippen LogP contribution in [0.4, 0.5) is 0 Å². The van der Waals surface area contributed by atoms with Gasteiger partial charge in [0.05, 0.1) is 11.8 Å². The summed E-state index contributed by atoms with van der Waals surface area (Å²) in [5, 5.41) is 27.7. The number of aliphatic carboxylic acids is 1. The van der Waals surface area contributed by atoms with Gasteiger partial charge in [0.2, 0.25) is 5.91 Å². The summed E-state index contributed by atoms with van der Waals surface area (Å²) >= 11 is 1.06. The van der Waals surface area contributed by atoms with E-state index in [0.717, 1.165) is 11.8 Å². The molecule has 1 aromatic rings. The van der Waals surface area contributed by atoms with Gasteiger partial charge in [0.25, 0.3) is 0 Å². The molecule has 0 aliphatic rings. The van der Waals surface area contributed by atoms with Gasteiger partial charge in [-0.25, -0.2) is 4.79 Å². The quantitative estimate of drug-likeness (QED) is 0.722. The van der Waals surface area contributed by atoms with Crippen LogP contribution in [0.15, 0.2) is 17.3 Å². The fraction of sp³-hybridized carbons (Fsp3) is 0.300. The summed E-state index contributed by atoms with van der Waals surface area (Å²) in [4.78, 5) is 21.7. The summed E-state index contributed by atoms with van der Waals surface area (Å²) in [7, 11) is 0. The number of carboxylic acids is 1. The van der Waals surface area contributed by atoms with Crippen LogP contribution in [0, 0.1) is 11.3 Å². The van der Waals surface area contributed by atoms with Gasteiger partial charge in [0.1, 0.15) is 17.1 Å². The number of hydrogen-bond acceptors (Lipinski definition) is 6. The van der Waals surface area contributed by atoms with Crippen molar-refractivity contribution in [1.82, 2.24) is 15.5 Å². The molecule has 0 spiro atoms. The van der Waals surface area contributed by atoms with Crippen molar-refractivity contribution >= 4 is 23.6 Å². The summed E-state index contributed by atoms with van der Waals surface area (Å²) in [5.74, 6) is -1.50. The predicted molar refractivity (Wildman–Crippen MR) is 62.7 cm³/mol. The van der Waals surface area contributed by atoms with Crippen LogP contribution < -0.4 is 5.32 Å². The van der Waals surface area contributed by atoms with Crippen molar-refractivity contribution in [2.24, 2.45) is 0 Å². The van der Waals surface area contributed by atoms with E-state index in [9.17, 15) is 9.59 Å². The van der Waals surface area contributed by atoms with Crippen LogP contribution in [0.2, 0.25) is 0 Å². The number of aromatic nitrogens is 2. The van der Waals surface area contributed by atoms with Crippen molar-refractivity contribution in [1.29, 1.82) is 5.26 Å². The lowest BCUT2D eigenvalue weighted by Gasteiger charge is -2.12. The van der Waals surface area contributed by atoms with Gasteiger partial charge in [-0.1, -0.05) is 0 Å². The molecule has 1 amide bonds. The van der Waals surface area contributed by atoms with Gasteiger partial charge < -0.3 is 10.4 Å². The second-order valence-corrected chi connectivity index (χ2v) is 4.27. The molecule has 0 aliphatic heterocycles. The lowest BCUT2D eigenvalue weighted by Crippen LogP contribution is -2.41. The van der Waals surface area contributed by atoms with E-state index in [0.29, 0.717) is 10.6 Å². The summed E-state index contributed by atoms with van der Waals surface area (Å²) in [6.07, 6.45) is 1.38. The number of nitrogens with zero attached hydrogens (tertiary/aromatic N) is 3. The first-order valence-electron chi connectivity index (χ1n) is 4.89. The number of amides is 1. The molecule has 0 bridgehead atoms. The Bertz CT molecular complexity index is 500. The van der Waals surface area contributed by atoms with Crippen LogP contribution >= 0.6 is 11.8 Å². The Morgan fingerprint density at radius 3 is 2.94 bits per heavy atom. The highest BCUT2D eigenvalue weighted by molar-refractivity contribution is 7.99. The summed E-state index contributed by atoms with van der Waals surface area (Å²) in [6.45, 7) is 1.24. The minimum atomic E-state index is -1.14. The van der Waals surface area contributed by atoms with Gasteiger partial charge in [0.15, 0.2) is 0 Å². The molecule has 7 nitrogen and oxygen atoms in total. The fourth-order valence-corrected chi connectivity index (χ4v) is 2.02. The molecule has 0 saturated carbocycles. The molecule has 0 aliphatic carbocycles. The number of nitriles is 1. The SMILES string of the molecule is CC(=O)NC(CSc1nnccc1C#N)C(=O)O. The van der Waals surface area contributed by atoms with Gasteiger partial charge in [0, 0.05) is 12.7 Å². The third kappa shape index (κ3) is 4.03. The summed E-state index contributed by atoms with van der Waals surface area (Å²) in [5.41, 5.74) is 0.321. The second kappa shape index (κ2) is 6.56. The highest BCUT2D eigenvalue weighted by Gasteiger charge is 2.19. The Labute approximate surface area is 107 Å². The fourth-order valence-electron chi connectivity index (χ4n) is 1.09. The number of hydrogen-bond donors (Lipinski definition) is 2. The summed E-state index contributed by atoms with van der Waals surface area (Å²) < 4.78 is 0. The first-order valence-corrected chi connectivity index (χ1v) is 5.87. The molecular formula is C10H10N4O3S. The van der Waals surface area contributed by atoms with Crippen molar-refractivity contribution in [3.63, 3.8) is 0 Å². The number of carbonyl (C=O) groups excluding carboxylic acids is 1. The Balaban J connectivity index is 2.70. The molecule has 2 N–H and O–H groups in total. The molecule has 0 fully saturated rings. The maximum Gasteiger partial charge on any atom is 0.327 e. The average Bonchev–Trinajstić information content (AvgIpc) is 2.34. The molecule has 1 heterocycles. The van der Waals surface area contributed by atoms with E-state index in [1.807, 2.05) is 6.07 Å². The van der Waals surface area contributed by atoms with Gasteiger partial charge in [-0.2, -0.15) is 10.4 Å². The normalized spacial score (nSPS) is 11.3. The first kappa shape index (κ1) is 13.9. The average molecular weight is 266 g/mol. The van der Waals surface area contributed by atoms with Crippen molar-refractivity contribution < 1.29 is 14.7 Å². The molecule has 0 radical (unpaired) electrons. The molecule has 18 heavy (non-hydrogen) atoms. The second-order valence-electron chi connectivity index (χ2n) is 3.26. The Morgan fingerprint density at radius 2 is 2.39 bits per heavy atom. The van der Waals surface area contributed by atoms with Crippen molar-refractivity contribution in [3.8, 4) is 6.07 Å². The molecular weight excluding hydrogens is 256 g/mol. The van der Waals surface area contributed by atoms with Crippen molar-refractivity contribution in [2.75, 3.05) is 5.75 Å². The van der Waals surface area contributed by atoms with Gasteiger partial charge >= 0.3 is 5.97 Å². The minimum absolute atomic E-state index is 0.0717. The topological polar surface area (TPSA) is 116 Å². The van der Waals surface area contributed by atoms with Crippen LogP contribution in [0.1, 0.15) is 12.5 Å². The number of carboxylic acid groups (broad SMARTS) is 1. The van der Waals surface area contributed by atoms with E-state index in [1.165, 1.54) is 19.2 Å². The monoisotopic (exact) mass is 266 g/mol. The number of nitrogens with one attached hydrogen (secondary N) is 1. The Hall–Kier alpha value is -2.14. The molecule has 0 aromatic carbocycles. The van der Waals surface area contributed by atoms with Gasteiger partial charge in [-0.05, 0) is 6.07 Å². The largest absolute Gasteiger partial charge is 0.480 e. The van der Waals surface area contributed by atoms with Crippen molar-refractivity contribution in [2.45, 2.75) is 18.0 Å². The molecule has 8 heteroatoms. The summed E-state index contributed by atoms with van der Waals surface area (Å²) in [6, 6.07) is 2.39. The maximum absolute atomic E-state index is 10.9. The van der Waals surface area contributed by atoms with Gasteiger partial charge in [-0.3, -0.25) is 4.79 Å². The van der Waals surface area contributed by atoms with Crippen LogP contribution in [-0.2, 0) is 9.59 Å². The number of carbonyl (C=O) groups is 2. The van der Waals surface area contributed by atoms with Crippen LogP contribution in [0.5, 0.6) is 0 Å². The lowest BCUT2D eigenvalue weighted by molar-refractivity contribution is -0.140. The van der Waals surface area contributed by atoms with Gasteiger partial charge in [-0.15, -0.1) is 16.9 Å². The Morgan fingerprint density at radius 1 is 1.67 bits per heavy atom. The number of rotatable bonds is 5. The predicted octanol–water partition coefficient (Wildman–Crippen LogP) is 0.0297. The zero-order chi connectivity index (χ0) is 13.5. The third-order valence-electron chi connectivity index (χ3n) is 1.87. The highest BCUT2D eigenvalue weighted by Crippen LogP contribution is 2.19. The standard InChI is InChI=1S/C10H10N4O3S/c1-6(15)13-8(10(16)17)5-18-9-7(4-11)2-3-12-14-9/h2-3,8H,5H2,1H3,(H,13,15)(H,16,17). The number of thioether (sulfide) groups is 1. The van der Waals surface area contributed by atoms with E-state index < -0.39 is 17.9 Å². The Kier molecular flexibility index (Phi) is 5.07. The first-order chi connectivity index (χ1) is 8.54. The third-order valence-corrected chi connectivity index (χ3v) is 2.94. The van der Waals surface area contributed by atoms with E-state index in [4.69, 9.17) is 10.4 Å². The molecule has 94 valence electrons. The van der Waals surface area contributed by atoms with E-state index in [2.05, 4.69) is 15.5 Å². The van der Waals surface area contributed by atoms with E-state index >= 15 is 0 Å². The highest BCUT2D eigenvalue weighted by atomic mass is 32.2. The minimum Gasteiger partial charge on any atom is -0.480 e. The van der Waals surface area contributed by atoms with Crippen LogP contribution in [0.25, 0.3) is 0 Å². The molecule has 1 aromatic heterocycles. The molecule has 1 atom stereocenters. The maximum atomic E-state index is 10.9. The molecule has 1 rings (SSSR count). The van der Waals surface area contributed by atoms with Crippen molar-refractivity contribution in [3.05, 3.63) is 17.8 Å². The molecule has 1 unspecified atom stereocenters. The van der Waals surface area contributed by atoms with Crippen LogP contribution in [-0.4, -0.2) is 39.0 Å². The zero-order valence-electron chi connectivity index (χ0n) is 9.45. The molecule has 0 saturated heterocycles. The smallest absolute Gasteiger partial charge is 0.327 e. The van der Waals surface area contributed by atoms with E-state index in [-0.39, 0.29) is 5.75 Å². The van der Waals surface area contributed by atoms with Crippen LogP contribution in [0.3, 0.4) is 0 Å². The lowest BCUT2D eigenvalue weighted by atomic mass is 10.3. The van der Waals surface area contributed by atoms with E-state index in [1.54, 1.807) is 0 Å².